The number of phenolic OH excluding ortho intramolecular Hbond substituents is 29. The van der Waals surface area contributed by atoms with E-state index in [4.69, 9.17) is 61.6 Å². The van der Waals surface area contributed by atoms with Crippen LogP contribution in [-0.4, -0.2) is 282 Å². The van der Waals surface area contributed by atoms with Crippen LogP contribution in [0.25, 0.3) is 22.3 Å². The van der Waals surface area contributed by atoms with Gasteiger partial charge in [-0.1, -0.05) is 0 Å². The number of hydrogen-bond acceptors (Lipinski definition) is 52. The van der Waals surface area contributed by atoms with Crippen molar-refractivity contribution >= 4 is 59.7 Å². The summed E-state index contributed by atoms with van der Waals surface area (Å²) >= 11 is 0. The van der Waals surface area contributed by atoms with E-state index in [2.05, 4.69) is 0 Å². The first-order valence-electron chi connectivity index (χ1n) is 37.0. The van der Waals surface area contributed by atoms with Crippen LogP contribution in [0.3, 0.4) is 0 Å². The average Bonchev–Trinajstić information content (AvgIpc) is 0.744. The maximum absolute atomic E-state index is 15.6. The first kappa shape index (κ1) is 91.0. The monoisotopic (exact) mass is 1870 g/mol. The summed E-state index contributed by atoms with van der Waals surface area (Å²) in [7, 11) is 0. The molecule has 4 aliphatic rings. The maximum Gasteiger partial charge on any atom is 0.342 e. The van der Waals surface area contributed by atoms with Gasteiger partial charge in [-0.25, -0.2) is 47.9 Å². The summed E-state index contributed by atoms with van der Waals surface area (Å²) in [6.45, 7) is -3.15. The number of hydrogen-bond donors (Lipinski definition) is 29. The lowest BCUT2D eigenvalue weighted by atomic mass is 9.91. The van der Waals surface area contributed by atoms with Gasteiger partial charge in [0.05, 0.1) is 50.1 Å². The lowest BCUT2D eigenvalue weighted by molar-refractivity contribution is -0.283. The van der Waals surface area contributed by atoms with E-state index in [-0.39, 0.29) is 30.3 Å². The Hall–Kier alpha value is -19.2. The highest BCUT2D eigenvalue weighted by Gasteiger charge is 2.58. The Balaban J connectivity index is 0.896. The third-order valence-electron chi connectivity index (χ3n) is 20.4. The van der Waals surface area contributed by atoms with Crippen LogP contribution < -0.4 is 4.74 Å². The number of carbonyl (C=O) groups is 10. The van der Waals surface area contributed by atoms with Crippen LogP contribution in [0, 0.1) is 0 Å². The maximum atomic E-state index is 15.6. The average molecular weight is 1880 g/mol. The smallest absolute Gasteiger partial charge is 0.342 e. The number of cyclic esters (lactones) is 2. The van der Waals surface area contributed by atoms with Crippen LogP contribution in [-0.2, 0) is 56.8 Å². The molecule has 0 radical (unpaired) electrons. The fraction of sp³-hybridized carbons (Fsp3) is 0.146. The van der Waals surface area contributed by atoms with Gasteiger partial charge in [0.1, 0.15) is 31.0 Å². The second-order valence-electron chi connectivity index (χ2n) is 28.7. The van der Waals surface area contributed by atoms with Crippen molar-refractivity contribution in [2.24, 2.45) is 0 Å². The molecule has 52 nitrogen and oxygen atoms in total. The summed E-state index contributed by atoms with van der Waals surface area (Å²) in [6, 6.07) is 4.76. The van der Waals surface area contributed by atoms with Gasteiger partial charge in [0.25, 0.3) is 0 Å². The number of carbonyl (C=O) groups excluding carboxylic acids is 10. The Morgan fingerprint density at radius 1 is 0.246 bits per heavy atom. The highest BCUT2D eigenvalue weighted by molar-refractivity contribution is 6.11. The molecule has 134 heavy (non-hydrogen) atoms. The predicted molar refractivity (Wildman–Crippen MR) is 415 cm³/mol. The van der Waals surface area contributed by atoms with Crippen LogP contribution in [0.2, 0.25) is 0 Å². The van der Waals surface area contributed by atoms with E-state index in [0.29, 0.717) is 60.7 Å². The zero-order valence-electron chi connectivity index (χ0n) is 65.7. The van der Waals surface area contributed by atoms with E-state index in [1.807, 2.05) is 0 Å². The van der Waals surface area contributed by atoms with E-state index in [1.165, 1.54) is 0 Å². The summed E-state index contributed by atoms with van der Waals surface area (Å²) < 4.78 is 74.4. The molecule has 4 bridgehead atoms. The molecule has 10 aromatic rings. The van der Waals surface area contributed by atoms with Crippen molar-refractivity contribution in [2.75, 3.05) is 13.2 Å². The Bertz CT molecular complexity index is 6660. The first-order valence-corrected chi connectivity index (χ1v) is 37.0. The molecule has 10 aromatic carbocycles. The third-order valence-corrected chi connectivity index (χ3v) is 20.4. The van der Waals surface area contributed by atoms with E-state index >= 15 is 19.2 Å². The molecular weight excluding hydrogens is 1820 g/mol. The molecule has 0 aliphatic carbocycles. The second kappa shape index (κ2) is 34.2. The Labute approximate surface area is 736 Å². The van der Waals surface area contributed by atoms with E-state index in [1.54, 1.807) is 0 Å². The highest BCUT2D eigenvalue weighted by Crippen LogP contribution is 2.58. The normalized spacial score (nSPS) is 19.1. The lowest BCUT2D eigenvalue weighted by Crippen LogP contribution is -2.63. The minimum Gasteiger partial charge on any atom is -0.504 e. The van der Waals surface area contributed by atoms with Crippen molar-refractivity contribution < 1.29 is 258 Å². The lowest BCUT2D eigenvalue weighted by Gasteiger charge is -2.44. The Morgan fingerprint density at radius 3 is 0.791 bits per heavy atom. The fourth-order valence-corrected chi connectivity index (χ4v) is 13.9. The van der Waals surface area contributed by atoms with Gasteiger partial charge in [0.15, 0.2) is 162 Å². The van der Waals surface area contributed by atoms with Crippen molar-refractivity contribution in [3.05, 3.63) is 147 Å². The predicted octanol–water partition coefficient (Wildman–Crippen LogP) is 3.73. The molecule has 0 saturated carbocycles. The Kier molecular flexibility index (Phi) is 23.2. The summed E-state index contributed by atoms with van der Waals surface area (Å²) in [5.41, 5.74) is -17.5. The molecule has 4 aliphatic heterocycles. The van der Waals surface area contributed by atoms with Crippen molar-refractivity contribution in [3.63, 3.8) is 0 Å². The summed E-state index contributed by atoms with van der Waals surface area (Å²) in [5.74, 6) is -65.9. The largest absolute Gasteiger partial charge is 0.504 e. The SMILES string of the molecule is O=C(O[C@@H]1O[C@@H]2COC(=O)c3cc(O)c(O)c(O)c3-c3c(cc(O)c(O)c3O)C(=O)O[C@H]([C@@H]1OC(=O)c1cc(O)c(O)c(O)c1Oc1cc(C(=O)O[C@H]3O[C@@H]4COC(=O)c5cc(O)c(O)c(O)c5-c5c(cc(O)c(O)c5O)C(=O)O[C@H]([C@H]3OC(=O)c3cc(O)c(O)c(O)c3)[C@@H]4OC(=O)c3cc(O)c(O)c(O)c3)cc(O)c1O)[C@H]2OC(=O)c1cc(O)c(O)c(O)c1)c1cc(O)c(O)c(O)c1. The van der Waals surface area contributed by atoms with Crippen molar-refractivity contribution in [1.29, 1.82) is 0 Å². The van der Waals surface area contributed by atoms with E-state index in [9.17, 15) is 177 Å². The third kappa shape index (κ3) is 16.2. The zero-order chi connectivity index (χ0) is 97.7. The number of ether oxygens (including phenoxy) is 13. The molecular formula is C82H58O52. The summed E-state index contributed by atoms with van der Waals surface area (Å²) in [5, 5.41) is 315. The topological polar surface area (TPSA) is 877 Å². The van der Waals surface area contributed by atoms with Crippen LogP contribution in [0.15, 0.2) is 91.0 Å². The number of rotatable bonds is 14. The van der Waals surface area contributed by atoms with Gasteiger partial charge in [-0.05, 0) is 84.9 Å². The number of esters is 10. The van der Waals surface area contributed by atoms with Gasteiger partial charge < -0.3 is 210 Å². The van der Waals surface area contributed by atoms with Gasteiger partial charge in [-0.2, -0.15) is 0 Å². The fourth-order valence-electron chi connectivity index (χ4n) is 13.9. The van der Waals surface area contributed by atoms with Crippen LogP contribution >= 0.6 is 0 Å². The first-order chi connectivity index (χ1) is 63.0. The number of phenols is 29. The van der Waals surface area contributed by atoms with Gasteiger partial charge in [-0.3, -0.25) is 0 Å². The number of benzene rings is 10. The molecule has 52 heteroatoms. The zero-order valence-corrected chi connectivity index (χ0v) is 65.7. The molecule has 2 saturated heterocycles. The van der Waals surface area contributed by atoms with Crippen LogP contribution in [0.1, 0.15) is 104 Å². The van der Waals surface area contributed by atoms with Crippen LogP contribution in [0.4, 0.5) is 0 Å². The quantitative estimate of drug-likeness (QED) is 0.0419. The summed E-state index contributed by atoms with van der Waals surface area (Å²) in [4.78, 5) is 148. The molecule has 0 amide bonds. The molecule has 29 N–H and O–H groups in total. The molecule has 0 spiro atoms. The second-order valence-corrected chi connectivity index (χ2v) is 28.7. The van der Waals surface area contributed by atoms with Crippen LogP contribution in [0.5, 0.6) is 178 Å². The minimum absolute atomic E-state index is 0.0764. The minimum atomic E-state index is -3.12. The van der Waals surface area contributed by atoms with Gasteiger partial charge >= 0.3 is 59.7 Å². The molecule has 14 rings (SSSR count). The van der Waals surface area contributed by atoms with Crippen molar-refractivity contribution in [1.82, 2.24) is 0 Å². The molecule has 698 valence electrons. The van der Waals surface area contributed by atoms with Gasteiger partial charge in [0, 0.05) is 28.3 Å². The van der Waals surface area contributed by atoms with Crippen molar-refractivity contribution in [3.8, 4) is 200 Å². The Morgan fingerprint density at radius 2 is 0.485 bits per heavy atom. The molecule has 4 heterocycles. The summed E-state index contributed by atoms with van der Waals surface area (Å²) in [6.07, 6.45) is -28.7. The van der Waals surface area contributed by atoms with Gasteiger partial charge in [0.2, 0.25) is 65.0 Å². The standard InChI is InChI=1S/C82H58O52/c83-28-1-18(2-29(84)49(28)97)71(112)127-65-43-16-122-76(117)23-11-37(92)54(102)59(107)45(23)47-25(13-39(94)56(104)61(47)109)78(119)129-67(65)69(131-73(114)20-5-32(87)51(99)33(88)6-20)81(125-43)134-75(116)22-9-36(91)53(101)42(10-22)124-64-27(15-41(96)58(106)63(64)111)80(121)132-70-68-66(128-72(113)19-3-30(85)50(98)31(86)4-19)44(126-82(70)133-74(115)21-7-34(89)52(100)35(90)8-21)17-123-77(118)24-12-38(93)55(103)60(108)46(24)48-26(79(120)130-68)14-40(95)57(105)62(48)110/h1-15,43-44,65-70,81-111H,16-17H2/t43-,44-,65-,66+,67+,68+,69-,70+,81-,82+/m1/s1. The van der Waals surface area contributed by atoms with Gasteiger partial charge in [-0.15, -0.1) is 0 Å². The van der Waals surface area contributed by atoms with E-state index < -0.39 is 390 Å². The number of fused-ring (bicyclic) bond motifs is 10. The number of aromatic hydroxyl groups is 29. The molecule has 0 unspecified atom stereocenters. The molecule has 0 aromatic heterocycles. The molecule has 10 atom stereocenters. The molecule has 2 fully saturated rings. The highest BCUT2D eigenvalue weighted by atomic mass is 16.8. The van der Waals surface area contributed by atoms with Crippen molar-refractivity contribution in [2.45, 2.75) is 61.4 Å². The van der Waals surface area contributed by atoms with E-state index in [0.717, 1.165) is 0 Å².